The van der Waals surface area contributed by atoms with Crippen LogP contribution in [-0.4, -0.2) is 30.2 Å². The van der Waals surface area contributed by atoms with Crippen LogP contribution in [0.4, 0.5) is 0 Å². The molecule has 33 heavy (non-hydrogen) atoms. The summed E-state index contributed by atoms with van der Waals surface area (Å²) in [5.74, 6) is 0. The van der Waals surface area contributed by atoms with E-state index in [-0.39, 0.29) is 4.53 Å². The molecule has 2 atom stereocenters. The molecule has 1 fully saturated rings. The van der Waals surface area contributed by atoms with Gasteiger partial charge in [-0.15, -0.1) is 0 Å². The third-order valence-electron chi connectivity index (χ3n) is 9.98. The minimum atomic E-state index is -3.35. The van der Waals surface area contributed by atoms with Crippen molar-refractivity contribution in [3.05, 3.63) is 80.9 Å². The first kappa shape index (κ1) is 24.4. The first-order valence-corrected chi connectivity index (χ1v) is 44.5. The van der Waals surface area contributed by atoms with Crippen molar-refractivity contribution in [2.24, 2.45) is 0 Å². The van der Waals surface area contributed by atoms with E-state index < -0.39 is 17.1 Å². The van der Waals surface area contributed by atoms with Gasteiger partial charge < -0.3 is 0 Å². The van der Waals surface area contributed by atoms with Crippen LogP contribution in [0.25, 0.3) is 12.2 Å². The van der Waals surface area contributed by atoms with Gasteiger partial charge in [0.2, 0.25) is 0 Å². The van der Waals surface area contributed by atoms with Crippen LogP contribution in [-0.2, 0) is 42.8 Å². The number of fused-ring (bicyclic) bond motifs is 2. The molecule has 0 radical (unpaired) electrons. The van der Waals surface area contributed by atoms with Crippen molar-refractivity contribution in [1.82, 2.24) is 0 Å². The Morgan fingerprint density at radius 2 is 1.06 bits per heavy atom. The van der Waals surface area contributed by atoms with Gasteiger partial charge in [0.15, 0.2) is 0 Å². The molecule has 5 rings (SSSR count). The Morgan fingerprint density at radius 3 is 1.39 bits per heavy atom. The molecule has 0 N–H and O–H groups in total. The fraction of sp³-hybridized carbons (Fsp3) is 0.429. The van der Waals surface area contributed by atoms with Gasteiger partial charge in [-0.1, -0.05) is 0 Å². The number of allylic oxidation sites excluding steroid dienone is 2. The van der Waals surface area contributed by atoms with Crippen molar-refractivity contribution in [3.8, 4) is 0 Å². The molecule has 3 aliphatic rings. The van der Waals surface area contributed by atoms with Gasteiger partial charge in [-0.3, -0.25) is 0 Å². The first-order valence-electron chi connectivity index (χ1n) is 13.6. The standard InChI is InChI=1S/2C13H15.2CH3.Hf.H6Si4/c2*1-3-10-8-9-11(4-2)13-7-5-6-12(10)13;;;;1-2-4-3-1/h2*5-9H,3-4H2,1-2H3;2*1H3;;1-3H2. The second-order valence-electron chi connectivity index (χ2n) is 11.6. The van der Waals surface area contributed by atoms with Crippen molar-refractivity contribution in [3.63, 3.8) is 0 Å². The molecule has 0 spiro atoms. The van der Waals surface area contributed by atoms with E-state index in [0.29, 0.717) is 25.7 Å². The predicted molar refractivity (Wildman–Crippen MR) is 157 cm³/mol. The van der Waals surface area contributed by atoms with Crippen LogP contribution < -0.4 is 0 Å². The fourth-order valence-electron chi connectivity index (χ4n) is 7.65. The normalized spacial score (nSPS) is 23.5. The number of hydrogen-bond donors (Lipinski definition) is 0. The first-order chi connectivity index (χ1) is 15.9. The van der Waals surface area contributed by atoms with Gasteiger partial charge >= 0.3 is 210 Å². The van der Waals surface area contributed by atoms with E-state index in [0.717, 1.165) is 7.35 Å². The van der Waals surface area contributed by atoms with Gasteiger partial charge in [0.1, 0.15) is 0 Å². The van der Waals surface area contributed by atoms with Crippen LogP contribution in [0.3, 0.4) is 0 Å². The Bertz CT molecular complexity index is 1170. The molecular weight excluding hydrogens is 627 g/mol. The van der Waals surface area contributed by atoms with Crippen LogP contribution in [0.15, 0.2) is 36.4 Å². The summed E-state index contributed by atoms with van der Waals surface area (Å²) in [5, 5.41) is 0. The van der Waals surface area contributed by atoms with Crippen LogP contribution in [0.5, 0.6) is 0 Å². The van der Waals surface area contributed by atoms with E-state index in [2.05, 4.69) is 85.6 Å². The third-order valence-corrected chi connectivity index (χ3v) is 225. The molecule has 1 heterocycles. The van der Waals surface area contributed by atoms with Crippen molar-refractivity contribution in [1.29, 1.82) is 0 Å². The maximum atomic E-state index is 3.03. The molecule has 2 unspecified atom stereocenters. The number of aryl methyl sites for hydroxylation is 4. The number of hydrogen-bond acceptors (Lipinski definition) is 0. The van der Waals surface area contributed by atoms with Crippen LogP contribution in [0, 0.1) is 0 Å². The van der Waals surface area contributed by atoms with Crippen LogP contribution in [0.1, 0.15) is 79.6 Å². The van der Waals surface area contributed by atoms with Crippen molar-refractivity contribution >= 4 is 42.3 Å². The summed E-state index contributed by atoms with van der Waals surface area (Å²) in [6.07, 6.45) is 15.5. The zero-order valence-electron chi connectivity index (χ0n) is 21.7. The molecule has 5 heteroatoms. The summed E-state index contributed by atoms with van der Waals surface area (Å²) >= 11 is -3.35. The second kappa shape index (κ2) is 8.95. The molecule has 0 aromatic heterocycles. The predicted octanol–water partition coefficient (Wildman–Crippen LogP) is 4.89. The van der Waals surface area contributed by atoms with Gasteiger partial charge in [0, 0.05) is 0 Å². The molecule has 1 aliphatic heterocycles. The third kappa shape index (κ3) is 3.46. The SMILES string of the molecule is CCc1ccc(CC)c2c1C=C[CH]2[Hf]([CH3])([CH3])([CH]1C=Cc2c(CC)ccc(CC)c21)=[Si]1[SiH2][SiH2][SiH2]1. The summed E-state index contributed by atoms with van der Waals surface area (Å²) in [6, 6.07) is 9.92. The van der Waals surface area contributed by atoms with Gasteiger partial charge in [-0.05, 0) is 0 Å². The zero-order valence-corrected chi connectivity index (χ0v) is 30.6. The van der Waals surface area contributed by atoms with Gasteiger partial charge in [-0.2, -0.15) is 0 Å². The average Bonchev–Trinajstić information content (AvgIpc) is 3.43. The molecule has 2 aromatic carbocycles. The molecule has 0 amide bonds. The quantitative estimate of drug-likeness (QED) is 0.385. The monoisotopic (exact) mass is 670 g/mol. The van der Waals surface area contributed by atoms with E-state index in [1.54, 1.807) is 33.4 Å². The van der Waals surface area contributed by atoms with Crippen molar-refractivity contribution in [2.75, 3.05) is 0 Å². The van der Waals surface area contributed by atoms with Gasteiger partial charge in [-0.25, -0.2) is 0 Å². The zero-order chi connectivity index (χ0) is 23.4. The molecule has 0 nitrogen and oxygen atoms in total. The summed E-state index contributed by atoms with van der Waals surface area (Å²) < 4.78 is 7.73. The average molecular weight is 669 g/mol. The maximum absolute atomic E-state index is 3.35. The second-order valence-corrected chi connectivity index (χ2v) is 102. The Kier molecular flexibility index (Phi) is 6.61. The Morgan fingerprint density at radius 1 is 0.667 bits per heavy atom. The molecule has 174 valence electrons. The van der Waals surface area contributed by atoms with Gasteiger partial charge in [0.05, 0.1) is 0 Å². The summed E-state index contributed by atoms with van der Waals surface area (Å²) in [4.78, 5) is 0. The van der Waals surface area contributed by atoms with E-state index >= 15 is 0 Å². The van der Waals surface area contributed by atoms with Crippen LogP contribution >= 0.6 is 0 Å². The van der Waals surface area contributed by atoms with Crippen LogP contribution in [0.2, 0.25) is 9.36 Å². The van der Waals surface area contributed by atoms with E-state index in [9.17, 15) is 0 Å². The molecule has 2 aromatic rings. The van der Waals surface area contributed by atoms with Gasteiger partial charge in [0.25, 0.3) is 0 Å². The molecule has 1 saturated heterocycles. The van der Waals surface area contributed by atoms with Crippen molar-refractivity contribution in [2.45, 2.75) is 70.1 Å². The molecular formula is C28H42HfSi4. The Balaban J connectivity index is 1.81. The summed E-state index contributed by atoms with van der Waals surface area (Å²) in [5.41, 5.74) is 13.5. The van der Waals surface area contributed by atoms with Crippen molar-refractivity contribution < 1.29 is 17.1 Å². The Labute approximate surface area is 209 Å². The summed E-state index contributed by atoms with van der Waals surface area (Å²) in [6.45, 7) is 9.50. The fourth-order valence-corrected chi connectivity index (χ4v) is 363. The van der Waals surface area contributed by atoms with E-state index in [4.69, 9.17) is 0 Å². The van der Waals surface area contributed by atoms with E-state index in [1.165, 1.54) is 25.7 Å². The Hall–Kier alpha value is -0.342. The number of benzene rings is 2. The topological polar surface area (TPSA) is 0 Å². The minimum absolute atomic E-state index is 0.0360. The molecule has 0 saturated carbocycles. The van der Waals surface area contributed by atoms with E-state index in [1.807, 2.05) is 11.1 Å². The number of rotatable bonds is 6. The molecule has 0 bridgehead atoms. The molecule has 2 aliphatic carbocycles. The summed E-state index contributed by atoms with van der Waals surface area (Å²) in [7, 11) is 1.22.